The van der Waals surface area contributed by atoms with Gasteiger partial charge in [0.2, 0.25) is 0 Å². The van der Waals surface area contributed by atoms with Crippen LogP contribution in [0.15, 0.2) is 59.8 Å². The molecule has 0 radical (unpaired) electrons. The third kappa shape index (κ3) is 3.16. The van der Waals surface area contributed by atoms with Crippen molar-refractivity contribution in [1.29, 1.82) is 0 Å². The van der Waals surface area contributed by atoms with Crippen molar-refractivity contribution < 1.29 is 14.8 Å². The quantitative estimate of drug-likeness (QED) is 0.335. The lowest BCUT2D eigenvalue weighted by molar-refractivity contribution is 0.0706. The number of aromatic nitrogens is 1. The highest BCUT2D eigenvalue weighted by Gasteiger charge is 2.07. The maximum Gasteiger partial charge on any atom is 0.274 e. The normalized spacial score (nSPS) is 10.9. The van der Waals surface area contributed by atoms with E-state index in [4.69, 9.17) is 5.21 Å². The zero-order valence-electron chi connectivity index (χ0n) is 12.5. The van der Waals surface area contributed by atoms with Crippen LogP contribution in [0.1, 0.15) is 26.3 Å². The van der Waals surface area contributed by atoms with E-state index < -0.39 is 11.8 Å². The number of H-pyrrole nitrogens is 1. The third-order valence-corrected chi connectivity index (χ3v) is 3.50. The highest BCUT2D eigenvalue weighted by molar-refractivity contribution is 6.00. The molecular weight excluding hydrogens is 308 g/mol. The van der Waals surface area contributed by atoms with Crippen molar-refractivity contribution in [2.45, 2.75) is 0 Å². The van der Waals surface area contributed by atoms with E-state index in [0.717, 1.165) is 16.5 Å². The highest BCUT2D eigenvalue weighted by atomic mass is 16.5. The molecule has 3 aromatic rings. The predicted octanol–water partition coefficient (Wildman–Crippen LogP) is 2.05. The summed E-state index contributed by atoms with van der Waals surface area (Å²) in [6.45, 7) is 0. The lowest BCUT2D eigenvalue weighted by Crippen LogP contribution is -2.20. The number of fused-ring (bicyclic) bond motifs is 1. The largest absolute Gasteiger partial charge is 0.361 e. The molecule has 0 aliphatic carbocycles. The molecule has 1 aromatic heterocycles. The SMILES string of the molecule is O=C(NO)c1ccc(C(=O)N/N=C/c2c[nH]c3ccccc23)cc1. The first-order valence-electron chi connectivity index (χ1n) is 7.13. The average molecular weight is 322 g/mol. The Morgan fingerprint density at radius 1 is 1.00 bits per heavy atom. The van der Waals surface area contributed by atoms with E-state index in [1.54, 1.807) is 6.21 Å². The van der Waals surface area contributed by atoms with Crippen LogP contribution in [0.2, 0.25) is 0 Å². The predicted molar refractivity (Wildman–Crippen MR) is 89.1 cm³/mol. The third-order valence-electron chi connectivity index (χ3n) is 3.50. The van der Waals surface area contributed by atoms with Crippen LogP contribution in [0.5, 0.6) is 0 Å². The fourth-order valence-electron chi connectivity index (χ4n) is 2.26. The summed E-state index contributed by atoms with van der Waals surface area (Å²) in [5, 5.41) is 13.5. The molecule has 1 heterocycles. The Balaban J connectivity index is 1.68. The minimum atomic E-state index is -0.640. The number of amides is 2. The van der Waals surface area contributed by atoms with Crippen molar-refractivity contribution in [2.75, 3.05) is 0 Å². The van der Waals surface area contributed by atoms with Crippen molar-refractivity contribution in [3.63, 3.8) is 0 Å². The molecule has 0 saturated carbocycles. The molecule has 2 aromatic carbocycles. The van der Waals surface area contributed by atoms with E-state index in [0.29, 0.717) is 5.56 Å². The first kappa shape index (κ1) is 15.4. The maximum atomic E-state index is 12.0. The van der Waals surface area contributed by atoms with Gasteiger partial charge in [0.05, 0.1) is 6.21 Å². The molecule has 4 N–H and O–H groups in total. The minimum absolute atomic E-state index is 0.247. The first-order chi connectivity index (χ1) is 11.7. The van der Waals surface area contributed by atoms with Crippen LogP contribution in [-0.2, 0) is 0 Å². The number of nitrogens with one attached hydrogen (secondary N) is 3. The van der Waals surface area contributed by atoms with Crippen molar-refractivity contribution in [1.82, 2.24) is 15.9 Å². The fraction of sp³-hybridized carbons (Fsp3) is 0. The molecule has 0 unspecified atom stereocenters. The topological polar surface area (TPSA) is 107 Å². The zero-order chi connectivity index (χ0) is 16.9. The van der Waals surface area contributed by atoms with Crippen molar-refractivity contribution in [2.24, 2.45) is 5.10 Å². The molecule has 7 heteroatoms. The van der Waals surface area contributed by atoms with Crippen LogP contribution in [0.4, 0.5) is 0 Å². The monoisotopic (exact) mass is 322 g/mol. The van der Waals surface area contributed by atoms with Gasteiger partial charge in [0.1, 0.15) is 0 Å². The Kier molecular flexibility index (Phi) is 4.35. The van der Waals surface area contributed by atoms with Gasteiger partial charge in [-0.15, -0.1) is 0 Å². The number of hydrazone groups is 1. The van der Waals surface area contributed by atoms with Gasteiger partial charge >= 0.3 is 0 Å². The molecule has 3 rings (SSSR count). The molecule has 0 spiro atoms. The summed E-state index contributed by atoms with van der Waals surface area (Å²) in [7, 11) is 0. The average Bonchev–Trinajstić information content (AvgIpc) is 3.04. The summed E-state index contributed by atoms with van der Waals surface area (Å²) >= 11 is 0. The molecule has 0 atom stereocenters. The summed E-state index contributed by atoms with van der Waals surface area (Å²) < 4.78 is 0. The fourth-order valence-corrected chi connectivity index (χ4v) is 2.26. The van der Waals surface area contributed by atoms with Gasteiger partial charge < -0.3 is 4.98 Å². The molecule has 0 bridgehead atoms. The molecule has 0 aliphatic heterocycles. The smallest absolute Gasteiger partial charge is 0.274 e. The molecule has 0 aliphatic rings. The maximum absolute atomic E-state index is 12.0. The van der Waals surface area contributed by atoms with E-state index in [-0.39, 0.29) is 5.56 Å². The Morgan fingerprint density at radius 2 is 1.67 bits per heavy atom. The molecule has 2 amide bonds. The van der Waals surface area contributed by atoms with E-state index >= 15 is 0 Å². The van der Waals surface area contributed by atoms with Gasteiger partial charge in [-0.1, -0.05) is 18.2 Å². The molecule has 7 nitrogen and oxygen atoms in total. The van der Waals surface area contributed by atoms with Crippen LogP contribution in [0.3, 0.4) is 0 Å². The number of benzene rings is 2. The molecule has 24 heavy (non-hydrogen) atoms. The van der Waals surface area contributed by atoms with Crippen LogP contribution < -0.4 is 10.9 Å². The molecule has 120 valence electrons. The van der Waals surface area contributed by atoms with E-state index in [2.05, 4.69) is 15.5 Å². The number of para-hydroxylation sites is 1. The van der Waals surface area contributed by atoms with E-state index in [9.17, 15) is 9.59 Å². The molecular formula is C17H14N4O3. The second-order valence-electron chi connectivity index (χ2n) is 5.01. The molecule has 0 fully saturated rings. The van der Waals surface area contributed by atoms with Crippen LogP contribution >= 0.6 is 0 Å². The summed E-state index contributed by atoms with van der Waals surface area (Å²) in [6.07, 6.45) is 3.37. The van der Waals surface area contributed by atoms with E-state index in [1.807, 2.05) is 30.5 Å². The van der Waals surface area contributed by atoms with Gasteiger partial charge in [0, 0.05) is 33.8 Å². The van der Waals surface area contributed by atoms with Crippen LogP contribution in [0.25, 0.3) is 10.9 Å². The number of hydrogen-bond acceptors (Lipinski definition) is 4. The lowest BCUT2D eigenvalue weighted by Gasteiger charge is -2.02. The second kappa shape index (κ2) is 6.76. The number of hydrogen-bond donors (Lipinski definition) is 4. The number of hydroxylamine groups is 1. The summed E-state index contributed by atoms with van der Waals surface area (Å²) in [4.78, 5) is 26.3. The zero-order valence-corrected chi connectivity index (χ0v) is 12.5. The van der Waals surface area contributed by atoms with Gasteiger partial charge in [0.15, 0.2) is 0 Å². The van der Waals surface area contributed by atoms with Gasteiger partial charge in [-0.05, 0) is 30.3 Å². The number of rotatable bonds is 4. The highest BCUT2D eigenvalue weighted by Crippen LogP contribution is 2.15. The standard InChI is InChI=1S/C17H14N4O3/c22-16(11-5-7-12(8-6-11)17(23)21-24)20-19-10-13-9-18-15-4-2-1-3-14(13)15/h1-10,18,24H,(H,20,22)(H,21,23)/b19-10+. The van der Waals surface area contributed by atoms with Crippen LogP contribution in [-0.4, -0.2) is 28.2 Å². The number of carbonyl (C=O) groups excluding carboxylic acids is 2. The van der Waals surface area contributed by atoms with Gasteiger partial charge in [-0.2, -0.15) is 5.10 Å². The first-order valence-corrected chi connectivity index (χ1v) is 7.13. The summed E-state index contributed by atoms with van der Waals surface area (Å²) in [6, 6.07) is 13.6. The van der Waals surface area contributed by atoms with Gasteiger partial charge in [0.25, 0.3) is 11.8 Å². The van der Waals surface area contributed by atoms with Crippen LogP contribution in [0, 0.1) is 0 Å². The minimum Gasteiger partial charge on any atom is -0.361 e. The Bertz CT molecular complexity index is 913. The van der Waals surface area contributed by atoms with Crippen molar-refractivity contribution in [3.05, 3.63) is 71.4 Å². The Hall–Kier alpha value is -3.45. The number of nitrogens with zero attached hydrogens (tertiary/aromatic N) is 1. The van der Waals surface area contributed by atoms with Crippen molar-refractivity contribution >= 4 is 28.9 Å². The van der Waals surface area contributed by atoms with Crippen molar-refractivity contribution in [3.8, 4) is 0 Å². The summed E-state index contributed by atoms with van der Waals surface area (Å²) in [5.74, 6) is -1.04. The Labute approximate surface area is 137 Å². The number of carbonyl (C=O) groups is 2. The van der Waals surface area contributed by atoms with Gasteiger partial charge in [-0.3, -0.25) is 14.8 Å². The molecule has 0 saturated heterocycles. The summed E-state index contributed by atoms with van der Waals surface area (Å²) in [5.41, 5.74) is 6.40. The van der Waals surface area contributed by atoms with Gasteiger partial charge in [-0.25, -0.2) is 10.9 Å². The number of aromatic amines is 1. The second-order valence-corrected chi connectivity index (χ2v) is 5.01. The Morgan fingerprint density at radius 3 is 2.38 bits per heavy atom. The van der Waals surface area contributed by atoms with E-state index in [1.165, 1.54) is 29.7 Å². The lowest BCUT2D eigenvalue weighted by atomic mass is 10.1.